The van der Waals surface area contributed by atoms with Gasteiger partial charge in [-0.1, -0.05) is 18.2 Å². The van der Waals surface area contributed by atoms with Crippen LogP contribution in [0.3, 0.4) is 0 Å². The minimum atomic E-state index is -4.29. The zero-order valence-electron chi connectivity index (χ0n) is 11.1. The summed E-state index contributed by atoms with van der Waals surface area (Å²) in [4.78, 5) is 0. The van der Waals surface area contributed by atoms with Crippen molar-refractivity contribution in [3.63, 3.8) is 0 Å². The first-order valence-electron chi connectivity index (χ1n) is 6.38. The van der Waals surface area contributed by atoms with Gasteiger partial charge in [-0.05, 0) is 24.6 Å². The summed E-state index contributed by atoms with van der Waals surface area (Å²) < 4.78 is 39.6. The molecule has 0 amide bonds. The zero-order chi connectivity index (χ0) is 14.6. The van der Waals surface area contributed by atoms with Crippen molar-refractivity contribution in [2.75, 3.05) is 0 Å². The molecule has 108 valence electrons. The molecule has 0 unspecified atom stereocenters. The Morgan fingerprint density at radius 2 is 2.00 bits per heavy atom. The standard InChI is InChI=1S/C14H16F3N3/c1-2-20-13(6-7-19-20)10-18-9-11-4-3-5-12(8-11)14(15,16)17/h3-8,18H,2,9-10H2,1H3. The SMILES string of the molecule is CCn1nccc1CNCc1cccc(C(F)(F)F)c1. The van der Waals surface area contributed by atoms with Crippen LogP contribution in [-0.4, -0.2) is 9.78 Å². The first kappa shape index (κ1) is 14.6. The number of aromatic nitrogens is 2. The zero-order valence-corrected chi connectivity index (χ0v) is 11.1. The van der Waals surface area contributed by atoms with Gasteiger partial charge in [-0.25, -0.2) is 0 Å². The Hall–Kier alpha value is -1.82. The van der Waals surface area contributed by atoms with E-state index in [-0.39, 0.29) is 0 Å². The number of hydrogen-bond donors (Lipinski definition) is 1. The van der Waals surface area contributed by atoms with E-state index in [1.54, 1.807) is 12.3 Å². The Morgan fingerprint density at radius 3 is 2.70 bits per heavy atom. The molecule has 0 bridgehead atoms. The van der Waals surface area contributed by atoms with E-state index in [4.69, 9.17) is 0 Å². The fourth-order valence-corrected chi connectivity index (χ4v) is 1.99. The fourth-order valence-electron chi connectivity index (χ4n) is 1.99. The summed E-state index contributed by atoms with van der Waals surface area (Å²) in [7, 11) is 0. The van der Waals surface area contributed by atoms with Gasteiger partial charge in [-0.3, -0.25) is 4.68 Å². The van der Waals surface area contributed by atoms with Crippen molar-refractivity contribution in [2.24, 2.45) is 0 Å². The van der Waals surface area contributed by atoms with Gasteiger partial charge in [-0.2, -0.15) is 18.3 Å². The predicted molar refractivity (Wildman–Crippen MR) is 69.9 cm³/mol. The Balaban J connectivity index is 1.95. The van der Waals surface area contributed by atoms with Crippen LogP contribution in [0.1, 0.15) is 23.7 Å². The molecule has 0 saturated carbocycles. The summed E-state index contributed by atoms with van der Waals surface area (Å²) >= 11 is 0. The lowest BCUT2D eigenvalue weighted by Crippen LogP contribution is -2.16. The molecule has 3 nitrogen and oxygen atoms in total. The predicted octanol–water partition coefficient (Wildman–Crippen LogP) is 3.21. The van der Waals surface area contributed by atoms with Gasteiger partial charge in [0.2, 0.25) is 0 Å². The van der Waals surface area contributed by atoms with Crippen LogP contribution in [0.5, 0.6) is 0 Å². The monoisotopic (exact) mass is 283 g/mol. The number of rotatable bonds is 5. The molecular weight excluding hydrogens is 267 g/mol. The topological polar surface area (TPSA) is 29.9 Å². The smallest absolute Gasteiger partial charge is 0.307 e. The number of aryl methyl sites for hydroxylation is 1. The summed E-state index contributed by atoms with van der Waals surface area (Å²) in [5.41, 5.74) is 1.01. The largest absolute Gasteiger partial charge is 0.416 e. The molecule has 0 saturated heterocycles. The highest BCUT2D eigenvalue weighted by molar-refractivity contribution is 5.25. The molecule has 1 heterocycles. The maximum absolute atomic E-state index is 12.6. The second-order valence-electron chi connectivity index (χ2n) is 4.44. The third-order valence-electron chi connectivity index (χ3n) is 2.99. The molecular formula is C14H16F3N3. The van der Waals surface area contributed by atoms with E-state index in [1.165, 1.54) is 12.1 Å². The third-order valence-corrected chi connectivity index (χ3v) is 2.99. The van der Waals surface area contributed by atoms with Crippen LogP contribution in [0.4, 0.5) is 13.2 Å². The molecule has 0 spiro atoms. The Kier molecular flexibility index (Phi) is 4.44. The summed E-state index contributed by atoms with van der Waals surface area (Å²) in [5.74, 6) is 0. The van der Waals surface area contributed by atoms with E-state index in [1.807, 2.05) is 17.7 Å². The number of alkyl halides is 3. The molecule has 0 aliphatic rings. The van der Waals surface area contributed by atoms with Crippen LogP contribution in [-0.2, 0) is 25.8 Å². The van der Waals surface area contributed by atoms with Crippen LogP contribution in [0.15, 0.2) is 36.5 Å². The van der Waals surface area contributed by atoms with Crippen molar-refractivity contribution in [3.8, 4) is 0 Å². The van der Waals surface area contributed by atoms with Crippen molar-refractivity contribution in [2.45, 2.75) is 32.7 Å². The molecule has 1 N–H and O–H groups in total. The number of hydrogen-bond acceptors (Lipinski definition) is 2. The van der Waals surface area contributed by atoms with Gasteiger partial charge < -0.3 is 5.32 Å². The highest BCUT2D eigenvalue weighted by Crippen LogP contribution is 2.29. The molecule has 2 rings (SSSR count). The molecule has 1 aromatic carbocycles. The lowest BCUT2D eigenvalue weighted by molar-refractivity contribution is -0.137. The van der Waals surface area contributed by atoms with Crippen LogP contribution >= 0.6 is 0 Å². The molecule has 0 aliphatic carbocycles. The quantitative estimate of drug-likeness (QED) is 0.913. The summed E-state index contributed by atoms with van der Waals surface area (Å²) in [6, 6.07) is 7.25. The third kappa shape index (κ3) is 3.60. The van der Waals surface area contributed by atoms with Crippen molar-refractivity contribution in [1.82, 2.24) is 15.1 Å². The van der Waals surface area contributed by atoms with Gasteiger partial charge in [0.15, 0.2) is 0 Å². The maximum atomic E-state index is 12.6. The summed E-state index contributed by atoms with van der Waals surface area (Å²) in [6.45, 7) is 3.72. The number of nitrogens with zero attached hydrogens (tertiary/aromatic N) is 2. The van der Waals surface area contributed by atoms with Crippen LogP contribution < -0.4 is 5.32 Å². The Labute approximate surface area is 115 Å². The fraction of sp³-hybridized carbons (Fsp3) is 0.357. The van der Waals surface area contributed by atoms with Crippen molar-refractivity contribution >= 4 is 0 Å². The summed E-state index contributed by atoms with van der Waals surface area (Å²) in [6.07, 6.45) is -2.58. The van der Waals surface area contributed by atoms with Gasteiger partial charge in [0.1, 0.15) is 0 Å². The van der Waals surface area contributed by atoms with E-state index in [0.717, 1.165) is 18.3 Å². The van der Waals surface area contributed by atoms with Crippen LogP contribution in [0, 0.1) is 0 Å². The Morgan fingerprint density at radius 1 is 1.20 bits per heavy atom. The lowest BCUT2D eigenvalue weighted by Gasteiger charge is -2.10. The van der Waals surface area contributed by atoms with E-state index in [0.29, 0.717) is 18.7 Å². The highest BCUT2D eigenvalue weighted by atomic mass is 19.4. The minimum absolute atomic E-state index is 0.388. The second-order valence-corrected chi connectivity index (χ2v) is 4.44. The number of nitrogens with one attached hydrogen (secondary N) is 1. The van der Waals surface area contributed by atoms with E-state index in [2.05, 4.69) is 10.4 Å². The van der Waals surface area contributed by atoms with Crippen molar-refractivity contribution in [3.05, 3.63) is 53.3 Å². The Bertz CT molecular complexity index is 561. The molecule has 0 fully saturated rings. The molecule has 0 aliphatic heterocycles. The minimum Gasteiger partial charge on any atom is -0.307 e. The summed E-state index contributed by atoms with van der Waals surface area (Å²) in [5, 5.41) is 7.26. The molecule has 1 aromatic heterocycles. The number of halogens is 3. The van der Waals surface area contributed by atoms with Crippen molar-refractivity contribution in [1.29, 1.82) is 0 Å². The van der Waals surface area contributed by atoms with Crippen LogP contribution in [0.25, 0.3) is 0 Å². The van der Waals surface area contributed by atoms with Gasteiger partial charge in [0.25, 0.3) is 0 Å². The second kappa shape index (κ2) is 6.09. The maximum Gasteiger partial charge on any atom is 0.416 e. The first-order valence-corrected chi connectivity index (χ1v) is 6.38. The van der Waals surface area contributed by atoms with Crippen molar-refractivity contribution < 1.29 is 13.2 Å². The van der Waals surface area contributed by atoms with E-state index >= 15 is 0 Å². The van der Waals surface area contributed by atoms with Gasteiger partial charge in [-0.15, -0.1) is 0 Å². The molecule has 2 aromatic rings. The average Bonchev–Trinajstić information content (AvgIpc) is 2.86. The van der Waals surface area contributed by atoms with E-state index in [9.17, 15) is 13.2 Å². The van der Waals surface area contributed by atoms with Gasteiger partial charge in [0, 0.05) is 25.8 Å². The molecule has 0 radical (unpaired) electrons. The van der Waals surface area contributed by atoms with E-state index < -0.39 is 11.7 Å². The van der Waals surface area contributed by atoms with Gasteiger partial charge in [0.05, 0.1) is 11.3 Å². The highest BCUT2D eigenvalue weighted by Gasteiger charge is 2.30. The van der Waals surface area contributed by atoms with Gasteiger partial charge >= 0.3 is 6.18 Å². The molecule has 6 heteroatoms. The normalized spacial score (nSPS) is 11.8. The lowest BCUT2D eigenvalue weighted by atomic mass is 10.1. The first-order chi connectivity index (χ1) is 9.50. The molecule has 20 heavy (non-hydrogen) atoms. The molecule has 0 atom stereocenters. The van der Waals surface area contributed by atoms with Crippen LogP contribution in [0.2, 0.25) is 0 Å². The number of benzene rings is 1. The average molecular weight is 283 g/mol.